The summed E-state index contributed by atoms with van der Waals surface area (Å²) in [5, 5.41) is 18.1. The maximum Gasteiger partial charge on any atom is 0.303 e. The van der Waals surface area contributed by atoms with Crippen LogP contribution in [0.25, 0.3) is 34.4 Å². The van der Waals surface area contributed by atoms with Gasteiger partial charge in [-0.25, -0.2) is 0 Å². The van der Waals surface area contributed by atoms with Crippen LogP contribution in [0.15, 0.2) is 158 Å². The minimum absolute atomic E-state index is 0.119. The Morgan fingerprint density at radius 1 is 0.400 bits per heavy atom. The lowest BCUT2D eigenvalue weighted by atomic mass is 9.93. The number of carbonyl (C=O) groups is 2. The fourth-order valence-electron chi connectivity index (χ4n) is 5.98. The average molecular weight is 655 g/mol. The number of benzene rings is 6. The SMILES string of the molecule is O=C(O)CCc1ccc(C(=Cc2ccc(-c3ccc(C=C(c4ccccc4)c4ccc(CCC(=O)O)cc4)cc3)cc2)c2ccccc2)cc1. The van der Waals surface area contributed by atoms with E-state index in [9.17, 15) is 9.59 Å². The van der Waals surface area contributed by atoms with Crippen molar-refractivity contribution in [2.24, 2.45) is 0 Å². The fraction of sp³-hybridized carbons (Fsp3) is 0.0870. The molecule has 4 heteroatoms. The number of carboxylic acid groups (broad SMARTS) is 2. The molecule has 0 aliphatic rings. The average Bonchev–Trinajstić information content (AvgIpc) is 3.16. The standard InChI is InChI=1S/C46H38O4/c47-45(48)29-19-33-11-25-41(26-12-33)43(39-7-3-1-4-8-39)31-35-15-21-37(22-16-35)38-23-17-36(18-24-38)32-44(40-9-5-2-6-10-40)42-27-13-34(14-28-42)20-30-46(49)50/h1-18,21-28,31-32H,19-20,29-30H2,(H,47,48)(H,49,50). The van der Waals surface area contributed by atoms with E-state index >= 15 is 0 Å². The predicted octanol–water partition coefficient (Wildman–Crippen LogP) is 10.6. The van der Waals surface area contributed by atoms with Crippen LogP contribution in [0.2, 0.25) is 0 Å². The number of hydrogen-bond donors (Lipinski definition) is 2. The molecule has 246 valence electrons. The highest BCUT2D eigenvalue weighted by atomic mass is 16.4. The molecule has 0 saturated carbocycles. The molecule has 0 aliphatic heterocycles. The summed E-state index contributed by atoms with van der Waals surface area (Å²) in [5.41, 5.74) is 13.0. The smallest absolute Gasteiger partial charge is 0.303 e. The molecule has 0 aliphatic carbocycles. The van der Waals surface area contributed by atoms with Gasteiger partial charge >= 0.3 is 11.9 Å². The maximum absolute atomic E-state index is 11.0. The molecule has 6 rings (SSSR count). The van der Waals surface area contributed by atoms with Crippen LogP contribution in [-0.2, 0) is 22.4 Å². The molecule has 0 fully saturated rings. The Hall–Kier alpha value is -6.26. The molecule has 4 nitrogen and oxygen atoms in total. The lowest BCUT2D eigenvalue weighted by Gasteiger charge is -2.11. The van der Waals surface area contributed by atoms with Gasteiger partial charge in [-0.05, 0) is 91.8 Å². The van der Waals surface area contributed by atoms with E-state index in [1.807, 2.05) is 60.7 Å². The lowest BCUT2D eigenvalue weighted by Crippen LogP contribution is -1.97. The summed E-state index contributed by atoms with van der Waals surface area (Å²) in [5.74, 6) is -1.58. The third-order valence-corrected chi connectivity index (χ3v) is 8.73. The van der Waals surface area contributed by atoms with Crippen LogP contribution in [-0.4, -0.2) is 22.2 Å². The first-order valence-electron chi connectivity index (χ1n) is 16.8. The van der Waals surface area contributed by atoms with Crippen molar-refractivity contribution in [3.05, 3.63) is 202 Å². The lowest BCUT2D eigenvalue weighted by molar-refractivity contribution is -0.138. The molecule has 0 heterocycles. The second kappa shape index (κ2) is 16.2. The number of hydrogen-bond acceptors (Lipinski definition) is 2. The molecule has 0 atom stereocenters. The first-order chi connectivity index (χ1) is 24.4. The molecule has 2 N–H and O–H groups in total. The summed E-state index contributed by atoms with van der Waals surface area (Å²) in [6.07, 6.45) is 5.66. The van der Waals surface area contributed by atoms with E-state index in [1.54, 1.807) is 0 Å². The summed E-state index contributed by atoms with van der Waals surface area (Å²) >= 11 is 0. The van der Waals surface area contributed by atoms with Gasteiger partial charge in [0.05, 0.1) is 0 Å². The zero-order valence-electron chi connectivity index (χ0n) is 27.7. The summed E-state index contributed by atoms with van der Waals surface area (Å²) in [6.45, 7) is 0. The predicted molar refractivity (Wildman–Crippen MR) is 204 cm³/mol. The van der Waals surface area contributed by atoms with Crippen LogP contribution >= 0.6 is 0 Å². The third-order valence-electron chi connectivity index (χ3n) is 8.73. The molecule has 0 bridgehead atoms. The van der Waals surface area contributed by atoms with Crippen molar-refractivity contribution in [3.63, 3.8) is 0 Å². The van der Waals surface area contributed by atoms with Crippen molar-refractivity contribution in [2.45, 2.75) is 25.7 Å². The van der Waals surface area contributed by atoms with E-state index < -0.39 is 11.9 Å². The summed E-state index contributed by atoms with van der Waals surface area (Å²) < 4.78 is 0. The molecule has 0 aromatic heterocycles. The minimum atomic E-state index is -0.789. The van der Waals surface area contributed by atoms with Crippen LogP contribution in [0, 0.1) is 0 Å². The number of carboxylic acids is 2. The Kier molecular flexibility index (Phi) is 10.9. The summed E-state index contributed by atoms with van der Waals surface area (Å²) in [6, 6.07) is 54.1. The number of aryl methyl sites for hydroxylation is 2. The molecule has 0 unspecified atom stereocenters. The molecule has 0 radical (unpaired) electrons. The molecule has 0 spiro atoms. The van der Waals surface area contributed by atoms with E-state index in [1.165, 1.54) is 0 Å². The van der Waals surface area contributed by atoms with Gasteiger partial charge < -0.3 is 10.2 Å². The number of aliphatic carboxylic acids is 2. The van der Waals surface area contributed by atoms with Crippen molar-refractivity contribution in [1.29, 1.82) is 0 Å². The van der Waals surface area contributed by atoms with E-state index in [0.29, 0.717) is 12.8 Å². The quantitative estimate of drug-likeness (QED) is 0.122. The monoisotopic (exact) mass is 654 g/mol. The number of rotatable bonds is 13. The Balaban J connectivity index is 1.23. The van der Waals surface area contributed by atoms with Crippen molar-refractivity contribution >= 4 is 35.2 Å². The zero-order chi connectivity index (χ0) is 34.7. The Labute approximate surface area is 293 Å². The van der Waals surface area contributed by atoms with Crippen LogP contribution in [0.3, 0.4) is 0 Å². The minimum Gasteiger partial charge on any atom is -0.481 e. The van der Waals surface area contributed by atoms with Gasteiger partial charge in [0.25, 0.3) is 0 Å². The second-order valence-corrected chi connectivity index (χ2v) is 12.3. The highest BCUT2D eigenvalue weighted by Gasteiger charge is 2.09. The third kappa shape index (κ3) is 9.00. The van der Waals surface area contributed by atoms with E-state index in [0.717, 1.165) is 66.8 Å². The zero-order valence-corrected chi connectivity index (χ0v) is 27.7. The highest BCUT2D eigenvalue weighted by molar-refractivity contribution is 5.93. The molecular weight excluding hydrogens is 617 g/mol. The topological polar surface area (TPSA) is 74.6 Å². The normalized spacial score (nSPS) is 11.7. The van der Waals surface area contributed by atoms with E-state index in [2.05, 4.69) is 109 Å². The molecule has 0 amide bonds. The van der Waals surface area contributed by atoms with Crippen molar-refractivity contribution < 1.29 is 19.8 Å². The van der Waals surface area contributed by atoms with Crippen molar-refractivity contribution in [3.8, 4) is 11.1 Å². The van der Waals surface area contributed by atoms with Crippen molar-refractivity contribution in [1.82, 2.24) is 0 Å². The van der Waals surface area contributed by atoms with Gasteiger partial charge in [-0.15, -0.1) is 0 Å². The van der Waals surface area contributed by atoms with Gasteiger partial charge in [0.1, 0.15) is 0 Å². The molecule has 6 aromatic carbocycles. The van der Waals surface area contributed by atoms with Crippen LogP contribution < -0.4 is 0 Å². The largest absolute Gasteiger partial charge is 0.481 e. The first kappa shape index (κ1) is 33.6. The molecule has 50 heavy (non-hydrogen) atoms. The van der Waals surface area contributed by atoms with Crippen LogP contribution in [0.5, 0.6) is 0 Å². The molecule has 6 aromatic rings. The van der Waals surface area contributed by atoms with Gasteiger partial charge in [0, 0.05) is 12.8 Å². The van der Waals surface area contributed by atoms with Crippen LogP contribution in [0.4, 0.5) is 0 Å². The van der Waals surface area contributed by atoms with Gasteiger partial charge in [0.2, 0.25) is 0 Å². The van der Waals surface area contributed by atoms with Gasteiger partial charge in [-0.2, -0.15) is 0 Å². The Bertz CT molecular complexity index is 1930. The Morgan fingerprint density at radius 2 is 0.720 bits per heavy atom. The Morgan fingerprint density at radius 3 is 1.04 bits per heavy atom. The second-order valence-electron chi connectivity index (χ2n) is 12.3. The van der Waals surface area contributed by atoms with Gasteiger partial charge in [-0.3, -0.25) is 9.59 Å². The van der Waals surface area contributed by atoms with Crippen molar-refractivity contribution in [2.75, 3.05) is 0 Å². The summed E-state index contributed by atoms with van der Waals surface area (Å²) in [4.78, 5) is 22.0. The molecule has 0 saturated heterocycles. The molecular formula is C46H38O4. The fourth-order valence-corrected chi connectivity index (χ4v) is 5.98. The van der Waals surface area contributed by atoms with E-state index in [4.69, 9.17) is 10.2 Å². The van der Waals surface area contributed by atoms with Gasteiger partial charge in [-0.1, -0.05) is 158 Å². The summed E-state index contributed by atoms with van der Waals surface area (Å²) in [7, 11) is 0. The van der Waals surface area contributed by atoms with E-state index in [-0.39, 0.29) is 12.8 Å². The van der Waals surface area contributed by atoms with Crippen LogP contribution in [0.1, 0.15) is 57.3 Å². The highest BCUT2D eigenvalue weighted by Crippen LogP contribution is 2.30. The van der Waals surface area contributed by atoms with Gasteiger partial charge in [0.15, 0.2) is 0 Å². The first-order valence-corrected chi connectivity index (χ1v) is 16.8. The maximum atomic E-state index is 11.0.